The van der Waals surface area contributed by atoms with E-state index in [0.29, 0.717) is 0 Å². The van der Waals surface area contributed by atoms with E-state index in [1.54, 1.807) is 0 Å². The molecule has 0 heterocycles. The van der Waals surface area contributed by atoms with Crippen molar-refractivity contribution in [2.24, 2.45) is 0 Å². The topological polar surface area (TPSA) is 21.3 Å². The van der Waals surface area contributed by atoms with E-state index in [-0.39, 0.29) is 11.6 Å². The van der Waals surface area contributed by atoms with Crippen LogP contribution in [0.1, 0.15) is 53.0 Å². The van der Waals surface area contributed by atoms with Crippen LogP contribution >= 0.6 is 15.9 Å². The fourth-order valence-electron chi connectivity index (χ4n) is 1.85. The Hall–Kier alpha value is -0.540. The van der Waals surface area contributed by atoms with Gasteiger partial charge in [-0.15, -0.1) is 0 Å². The first kappa shape index (κ1) is 16.5. The molecule has 0 amide bonds. The number of rotatable bonds is 6. The van der Waals surface area contributed by atoms with Gasteiger partial charge in [0.25, 0.3) is 0 Å². The number of hydrogen-bond donors (Lipinski definition) is 1. The lowest BCUT2D eigenvalue weighted by Crippen LogP contribution is -2.35. The summed E-state index contributed by atoms with van der Waals surface area (Å²) in [5.41, 5.74) is 1.31. The SMILES string of the molecule is CCCC(C)Oc1c(Br)cccc1CNC(C)(C)C. The Morgan fingerprint density at radius 1 is 1.32 bits per heavy atom. The lowest BCUT2D eigenvalue weighted by molar-refractivity contribution is 0.205. The second-order valence-electron chi connectivity index (χ2n) is 6.05. The fourth-order valence-corrected chi connectivity index (χ4v) is 2.35. The van der Waals surface area contributed by atoms with Crippen molar-refractivity contribution in [1.82, 2.24) is 5.32 Å². The van der Waals surface area contributed by atoms with Crippen LogP contribution in [0, 0.1) is 0 Å². The molecule has 1 atom stereocenters. The normalized spacial score (nSPS) is 13.4. The van der Waals surface area contributed by atoms with Gasteiger partial charge in [0.2, 0.25) is 0 Å². The van der Waals surface area contributed by atoms with Gasteiger partial charge in [-0.1, -0.05) is 25.5 Å². The zero-order chi connectivity index (χ0) is 14.5. The first-order valence-electron chi connectivity index (χ1n) is 7.02. The Morgan fingerprint density at radius 2 is 2.00 bits per heavy atom. The van der Waals surface area contributed by atoms with Gasteiger partial charge in [-0.2, -0.15) is 0 Å². The van der Waals surface area contributed by atoms with Crippen LogP contribution in [0.25, 0.3) is 0 Å². The molecule has 1 aromatic rings. The average Bonchev–Trinajstić information content (AvgIpc) is 2.29. The molecule has 0 aliphatic carbocycles. The van der Waals surface area contributed by atoms with E-state index >= 15 is 0 Å². The van der Waals surface area contributed by atoms with E-state index in [2.05, 4.69) is 68.0 Å². The molecule has 19 heavy (non-hydrogen) atoms. The average molecular weight is 328 g/mol. The van der Waals surface area contributed by atoms with Crippen molar-refractivity contribution in [2.45, 2.75) is 65.6 Å². The maximum Gasteiger partial charge on any atom is 0.138 e. The fraction of sp³-hybridized carbons (Fsp3) is 0.625. The second kappa shape index (κ2) is 7.30. The van der Waals surface area contributed by atoms with Crippen molar-refractivity contribution >= 4 is 15.9 Å². The molecule has 0 bridgehead atoms. The molecule has 1 aromatic carbocycles. The van der Waals surface area contributed by atoms with E-state index in [4.69, 9.17) is 4.74 Å². The smallest absolute Gasteiger partial charge is 0.138 e. The Labute approximate surface area is 126 Å². The third kappa shape index (κ3) is 5.96. The molecule has 0 aliphatic heterocycles. The zero-order valence-corrected chi connectivity index (χ0v) is 14.3. The summed E-state index contributed by atoms with van der Waals surface area (Å²) < 4.78 is 7.13. The molecule has 0 saturated carbocycles. The highest BCUT2D eigenvalue weighted by molar-refractivity contribution is 9.10. The summed E-state index contributed by atoms with van der Waals surface area (Å²) in [7, 11) is 0. The Kier molecular flexibility index (Phi) is 6.34. The van der Waals surface area contributed by atoms with Gasteiger partial charge in [0.1, 0.15) is 5.75 Å². The molecular formula is C16H26BrNO. The highest BCUT2D eigenvalue weighted by atomic mass is 79.9. The number of ether oxygens (including phenoxy) is 1. The molecule has 1 N–H and O–H groups in total. The first-order chi connectivity index (χ1) is 8.83. The lowest BCUT2D eigenvalue weighted by atomic mass is 10.1. The van der Waals surface area contributed by atoms with Gasteiger partial charge in [0.05, 0.1) is 10.6 Å². The van der Waals surface area contributed by atoms with E-state index in [1.165, 1.54) is 5.56 Å². The van der Waals surface area contributed by atoms with Crippen LogP contribution in [0.5, 0.6) is 5.75 Å². The van der Waals surface area contributed by atoms with E-state index < -0.39 is 0 Å². The molecule has 1 unspecified atom stereocenters. The summed E-state index contributed by atoms with van der Waals surface area (Å²) in [5, 5.41) is 3.51. The van der Waals surface area contributed by atoms with Gasteiger partial charge in [-0.25, -0.2) is 0 Å². The van der Waals surface area contributed by atoms with Gasteiger partial charge in [0, 0.05) is 17.6 Å². The minimum Gasteiger partial charge on any atom is -0.489 e. The highest BCUT2D eigenvalue weighted by Crippen LogP contribution is 2.30. The molecule has 0 fully saturated rings. The van der Waals surface area contributed by atoms with Crippen molar-refractivity contribution in [1.29, 1.82) is 0 Å². The summed E-state index contributed by atoms with van der Waals surface area (Å²) in [4.78, 5) is 0. The van der Waals surface area contributed by atoms with Gasteiger partial charge in [0.15, 0.2) is 0 Å². The van der Waals surface area contributed by atoms with E-state index in [9.17, 15) is 0 Å². The molecular weight excluding hydrogens is 302 g/mol. The highest BCUT2D eigenvalue weighted by Gasteiger charge is 2.14. The minimum absolute atomic E-state index is 0.106. The largest absolute Gasteiger partial charge is 0.489 e. The number of nitrogens with one attached hydrogen (secondary N) is 1. The number of halogens is 1. The molecule has 108 valence electrons. The standard InChI is InChI=1S/C16H26BrNO/c1-6-8-12(2)19-15-13(9-7-10-14(15)17)11-18-16(3,4)5/h7,9-10,12,18H,6,8,11H2,1-5H3. The monoisotopic (exact) mass is 327 g/mol. The summed E-state index contributed by atoms with van der Waals surface area (Å²) in [5.74, 6) is 0.972. The van der Waals surface area contributed by atoms with Crippen molar-refractivity contribution in [3.8, 4) is 5.75 Å². The van der Waals surface area contributed by atoms with Crippen LogP contribution in [0.4, 0.5) is 0 Å². The predicted molar refractivity (Wildman–Crippen MR) is 85.7 cm³/mol. The third-order valence-corrected chi connectivity index (χ3v) is 3.50. The van der Waals surface area contributed by atoms with Crippen molar-refractivity contribution in [2.75, 3.05) is 0 Å². The van der Waals surface area contributed by atoms with Gasteiger partial charge in [-0.3, -0.25) is 0 Å². The second-order valence-corrected chi connectivity index (χ2v) is 6.90. The molecule has 0 aliphatic rings. The Bertz CT molecular complexity index is 398. The summed E-state index contributed by atoms with van der Waals surface area (Å²) in [6.45, 7) is 11.6. The zero-order valence-electron chi connectivity index (χ0n) is 12.7. The van der Waals surface area contributed by atoms with Gasteiger partial charge in [-0.05, 0) is 56.1 Å². The van der Waals surface area contributed by atoms with Crippen LogP contribution in [0.3, 0.4) is 0 Å². The maximum atomic E-state index is 6.10. The maximum absolute atomic E-state index is 6.10. The quantitative estimate of drug-likeness (QED) is 0.801. The van der Waals surface area contributed by atoms with Crippen LogP contribution in [0.15, 0.2) is 22.7 Å². The summed E-state index contributed by atoms with van der Waals surface area (Å²) in [6.07, 6.45) is 2.46. The van der Waals surface area contributed by atoms with Crippen LogP contribution < -0.4 is 10.1 Å². The number of para-hydroxylation sites is 1. The molecule has 2 nitrogen and oxygen atoms in total. The molecule has 0 radical (unpaired) electrons. The van der Waals surface area contributed by atoms with Crippen LogP contribution in [-0.4, -0.2) is 11.6 Å². The molecule has 3 heteroatoms. The van der Waals surface area contributed by atoms with Crippen molar-refractivity contribution in [3.63, 3.8) is 0 Å². The van der Waals surface area contributed by atoms with Gasteiger partial charge < -0.3 is 10.1 Å². The Balaban J connectivity index is 2.83. The predicted octanol–water partition coefficient (Wildman–Crippen LogP) is 4.90. The van der Waals surface area contributed by atoms with Gasteiger partial charge >= 0.3 is 0 Å². The van der Waals surface area contributed by atoms with Crippen molar-refractivity contribution in [3.05, 3.63) is 28.2 Å². The third-order valence-electron chi connectivity index (χ3n) is 2.87. The number of hydrogen-bond acceptors (Lipinski definition) is 2. The molecule has 0 saturated heterocycles. The van der Waals surface area contributed by atoms with Crippen LogP contribution in [-0.2, 0) is 6.54 Å². The summed E-state index contributed by atoms with van der Waals surface area (Å²) in [6, 6.07) is 6.22. The molecule has 0 spiro atoms. The Morgan fingerprint density at radius 3 is 2.58 bits per heavy atom. The number of benzene rings is 1. The van der Waals surface area contributed by atoms with E-state index in [1.807, 2.05) is 6.07 Å². The van der Waals surface area contributed by atoms with E-state index in [0.717, 1.165) is 29.6 Å². The summed E-state index contributed by atoms with van der Waals surface area (Å²) >= 11 is 3.59. The van der Waals surface area contributed by atoms with Crippen molar-refractivity contribution < 1.29 is 4.74 Å². The lowest BCUT2D eigenvalue weighted by Gasteiger charge is -2.23. The molecule has 0 aromatic heterocycles. The molecule has 1 rings (SSSR count). The minimum atomic E-state index is 0.106. The first-order valence-corrected chi connectivity index (χ1v) is 7.82. The van der Waals surface area contributed by atoms with Crippen LogP contribution in [0.2, 0.25) is 0 Å².